The minimum atomic E-state index is 0.590. The summed E-state index contributed by atoms with van der Waals surface area (Å²) in [6.07, 6.45) is 0. The molecule has 174 valence electrons. The van der Waals surface area contributed by atoms with E-state index in [0.29, 0.717) is 11.1 Å². The number of hydrogen-bond donors (Lipinski definition) is 0. The maximum atomic E-state index is 9.30. The summed E-state index contributed by atoms with van der Waals surface area (Å²) < 4.78 is 2.21. The van der Waals surface area contributed by atoms with Gasteiger partial charge in [-0.1, -0.05) is 36.4 Å². The second kappa shape index (κ2) is 9.00. The highest BCUT2D eigenvalue weighted by Crippen LogP contribution is 2.36. The van der Waals surface area contributed by atoms with E-state index in [-0.39, 0.29) is 0 Å². The molecule has 37 heavy (non-hydrogen) atoms. The number of benzene rings is 4. The van der Waals surface area contributed by atoms with E-state index in [4.69, 9.17) is 4.98 Å². The largest absolute Gasteiger partial charge is 0.295 e. The fraction of sp³-hybridized carbons (Fsp3) is 0.0312. The predicted octanol–water partition coefficient (Wildman–Crippen LogP) is 7.70. The highest BCUT2D eigenvalue weighted by atomic mass is 15.2. The van der Waals surface area contributed by atoms with Gasteiger partial charge in [-0.3, -0.25) is 9.47 Å². The first-order chi connectivity index (χ1) is 18.2. The Bertz CT molecular complexity index is 1740. The number of rotatable bonds is 4. The molecule has 2 heterocycles. The third-order valence-electron chi connectivity index (χ3n) is 6.49. The van der Waals surface area contributed by atoms with Crippen molar-refractivity contribution < 1.29 is 0 Å². The summed E-state index contributed by atoms with van der Waals surface area (Å²) >= 11 is 0. The van der Waals surface area contributed by atoms with Crippen molar-refractivity contribution in [1.29, 1.82) is 10.5 Å². The third-order valence-corrected chi connectivity index (χ3v) is 6.49. The molecular formula is C32H21N5. The number of anilines is 3. The van der Waals surface area contributed by atoms with Gasteiger partial charge in [0.25, 0.3) is 0 Å². The molecule has 2 aromatic heterocycles. The minimum Gasteiger partial charge on any atom is -0.295 e. The Labute approximate surface area is 214 Å². The first kappa shape index (κ1) is 22.1. The highest BCUT2D eigenvalue weighted by molar-refractivity contribution is 6.09. The van der Waals surface area contributed by atoms with Crippen LogP contribution in [0.1, 0.15) is 16.7 Å². The van der Waals surface area contributed by atoms with Gasteiger partial charge < -0.3 is 0 Å². The third kappa shape index (κ3) is 3.86. The number of pyridine rings is 1. The van der Waals surface area contributed by atoms with E-state index in [2.05, 4.69) is 66.1 Å². The molecular weight excluding hydrogens is 454 g/mol. The highest BCUT2D eigenvalue weighted by Gasteiger charge is 2.18. The van der Waals surface area contributed by atoms with Gasteiger partial charge in [-0.05, 0) is 85.3 Å². The molecule has 0 aliphatic heterocycles. The fourth-order valence-electron chi connectivity index (χ4n) is 4.81. The Morgan fingerprint density at radius 3 is 1.62 bits per heavy atom. The average molecular weight is 476 g/mol. The van der Waals surface area contributed by atoms with Gasteiger partial charge in [0.2, 0.25) is 0 Å². The number of nitriles is 2. The van der Waals surface area contributed by atoms with Crippen LogP contribution in [0.4, 0.5) is 17.2 Å². The molecule has 5 heteroatoms. The summed E-state index contributed by atoms with van der Waals surface area (Å²) in [5.41, 5.74) is 6.17. The van der Waals surface area contributed by atoms with Crippen molar-refractivity contribution in [3.63, 3.8) is 0 Å². The molecule has 5 nitrogen and oxygen atoms in total. The quantitative estimate of drug-likeness (QED) is 0.262. The lowest BCUT2D eigenvalue weighted by atomic mass is 10.1. The molecule has 0 bridgehead atoms. The normalized spacial score (nSPS) is 10.8. The number of aromatic nitrogens is 2. The first-order valence-corrected chi connectivity index (χ1v) is 11.9. The van der Waals surface area contributed by atoms with Crippen LogP contribution < -0.4 is 4.90 Å². The fourth-order valence-corrected chi connectivity index (χ4v) is 4.81. The molecule has 0 fully saturated rings. The van der Waals surface area contributed by atoms with E-state index in [0.717, 1.165) is 39.6 Å². The standard InChI is InChI=1S/C32H21N5/c1-22-18-31(36(25-14-10-23(20-33)11-15-25)26-16-12-24(21-34)13-17-26)35-32(19-22)37-29-8-4-2-6-27(29)28-7-3-5-9-30(28)37/h2-19H,1H3. The Hall–Kier alpha value is -5.39. The Morgan fingerprint density at radius 2 is 1.14 bits per heavy atom. The van der Waals surface area contributed by atoms with E-state index >= 15 is 0 Å². The molecule has 4 aromatic carbocycles. The zero-order valence-electron chi connectivity index (χ0n) is 20.1. The molecule has 0 N–H and O–H groups in total. The molecule has 0 saturated heterocycles. The molecule has 0 amide bonds. The van der Waals surface area contributed by atoms with E-state index in [1.807, 2.05) is 47.4 Å². The maximum absolute atomic E-state index is 9.30. The van der Waals surface area contributed by atoms with Crippen LogP contribution in [0, 0.1) is 29.6 Å². The zero-order valence-corrected chi connectivity index (χ0v) is 20.1. The van der Waals surface area contributed by atoms with Crippen molar-refractivity contribution in [1.82, 2.24) is 9.55 Å². The van der Waals surface area contributed by atoms with Crippen LogP contribution in [-0.2, 0) is 0 Å². The van der Waals surface area contributed by atoms with Gasteiger partial charge in [-0.2, -0.15) is 10.5 Å². The average Bonchev–Trinajstić information content (AvgIpc) is 3.28. The van der Waals surface area contributed by atoms with Crippen molar-refractivity contribution in [2.75, 3.05) is 4.90 Å². The zero-order chi connectivity index (χ0) is 25.4. The lowest BCUT2D eigenvalue weighted by molar-refractivity contribution is 1.05. The van der Waals surface area contributed by atoms with Gasteiger partial charge in [0.05, 0.1) is 34.3 Å². The molecule has 0 radical (unpaired) electrons. The molecule has 0 atom stereocenters. The molecule has 0 saturated carbocycles. The van der Waals surface area contributed by atoms with Crippen LogP contribution in [0.3, 0.4) is 0 Å². The smallest absolute Gasteiger partial charge is 0.140 e. The van der Waals surface area contributed by atoms with Crippen molar-refractivity contribution in [3.05, 3.63) is 126 Å². The van der Waals surface area contributed by atoms with Gasteiger partial charge in [-0.15, -0.1) is 0 Å². The molecule has 6 aromatic rings. The van der Waals surface area contributed by atoms with Crippen molar-refractivity contribution in [2.24, 2.45) is 0 Å². The summed E-state index contributed by atoms with van der Waals surface area (Å²) in [7, 11) is 0. The van der Waals surface area contributed by atoms with E-state index in [9.17, 15) is 10.5 Å². The number of aryl methyl sites for hydroxylation is 1. The molecule has 0 aliphatic rings. The van der Waals surface area contributed by atoms with Crippen molar-refractivity contribution >= 4 is 39.0 Å². The number of hydrogen-bond acceptors (Lipinski definition) is 4. The lowest BCUT2D eigenvalue weighted by Gasteiger charge is -2.25. The number of para-hydroxylation sites is 2. The Balaban J connectivity index is 1.59. The van der Waals surface area contributed by atoms with Crippen LogP contribution in [0.25, 0.3) is 27.6 Å². The molecule has 0 spiro atoms. The molecule has 0 aliphatic carbocycles. The summed E-state index contributed by atoms with van der Waals surface area (Å²) in [4.78, 5) is 7.22. The monoisotopic (exact) mass is 475 g/mol. The van der Waals surface area contributed by atoms with E-state index in [1.54, 1.807) is 24.3 Å². The second-order valence-corrected chi connectivity index (χ2v) is 8.88. The first-order valence-electron chi connectivity index (χ1n) is 11.9. The maximum Gasteiger partial charge on any atom is 0.140 e. The van der Waals surface area contributed by atoms with Crippen LogP contribution in [0.5, 0.6) is 0 Å². The second-order valence-electron chi connectivity index (χ2n) is 8.88. The minimum absolute atomic E-state index is 0.590. The topological polar surface area (TPSA) is 68.6 Å². The van der Waals surface area contributed by atoms with Gasteiger partial charge in [-0.25, -0.2) is 4.98 Å². The summed E-state index contributed by atoms with van der Waals surface area (Å²) in [5.74, 6) is 1.56. The summed E-state index contributed by atoms with van der Waals surface area (Å²) in [6, 6.07) is 40.1. The van der Waals surface area contributed by atoms with Crippen LogP contribution >= 0.6 is 0 Å². The SMILES string of the molecule is Cc1cc(N(c2ccc(C#N)cc2)c2ccc(C#N)cc2)nc(-n2c3ccccc3c3ccccc32)c1. The van der Waals surface area contributed by atoms with Crippen molar-refractivity contribution in [2.45, 2.75) is 6.92 Å². The van der Waals surface area contributed by atoms with Crippen molar-refractivity contribution in [3.8, 4) is 18.0 Å². The van der Waals surface area contributed by atoms with Gasteiger partial charge in [0.15, 0.2) is 0 Å². The molecule has 6 rings (SSSR count). The van der Waals surface area contributed by atoms with Gasteiger partial charge in [0, 0.05) is 22.1 Å². The van der Waals surface area contributed by atoms with Crippen LogP contribution in [0.15, 0.2) is 109 Å². The number of fused-ring (bicyclic) bond motifs is 3. The Kier molecular flexibility index (Phi) is 5.37. The van der Waals surface area contributed by atoms with E-state index in [1.165, 1.54) is 10.8 Å². The van der Waals surface area contributed by atoms with Crippen LogP contribution in [-0.4, -0.2) is 9.55 Å². The van der Waals surface area contributed by atoms with E-state index < -0.39 is 0 Å². The van der Waals surface area contributed by atoms with Gasteiger partial charge in [0.1, 0.15) is 11.6 Å². The predicted molar refractivity (Wildman–Crippen MR) is 147 cm³/mol. The Morgan fingerprint density at radius 1 is 0.649 bits per heavy atom. The summed E-state index contributed by atoms with van der Waals surface area (Å²) in [5, 5.41) is 21.0. The van der Waals surface area contributed by atoms with Crippen LogP contribution in [0.2, 0.25) is 0 Å². The van der Waals surface area contributed by atoms with Gasteiger partial charge >= 0.3 is 0 Å². The lowest BCUT2D eigenvalue weighted by Crippen LogP contribution is -2.13. The molecule has 0 unspecified atom stereocenters. The number of nitrogens with zero attached hydrogens (tertiary/aromatic N) is 5. The summed E-state index contributed by atoms with van der Waals surface area (Å²) in [6.45, 7) is 2.07.